The SMILES string of the molecule is CC(C)NC(=O)c1c[nH][nH]c1=O. The summed E-state index contributed by atoms with van der Waals surface area (Å²) in [5.41, 5.74) is -0.281. The smallest absolute Gasteiger partial charge is 0.276 e. The fraction of sp³-hybridized carbons (Fsp3) is 0.429. The number of amides is 1. The van der Waals surface area contributed by atoms with Crippen molar-refractivity contribution in [2.75, 3.05) is 0 Å². The number of hydrogen-bond donors (Lipinski definition) is 3. The standard InChI is InChI=1S/C7H11N3O2/c1-4(2)9-6(11)5-3-8-10-7(5)12/h3-4H,1-2H3,(H,9,11)(H2,8,10,12). The van der Waals surface area contributed by atoms with Crippen LogP contribution in [0.15, 0.2) is 11.0 Å². The third-order valence-electron chi connectivity index (χ3n) is 1.31. The normalized spacial score (nSPS) is 10.2. The van der Waals surface area contributed by atoms with Gasteiger partial charge in [0.15, 0.2) is 0 Å². The maximum absolute atomic E-state index is 11.2. The van der Waals surface area contributed by atoms with Crippen molar-refractivity contribution < 1.29 is 4.79 Å². The number of aromatic nitrogens is 2. The molecule has 0 radical (unpaired) electrons. The van der Waals surface area contributed by atoms with Crippen LogP contribution in [0.5, 0.6) is 0 Å². The number of aromatic amines is 2. The molecule has 0 aliphatic carbocycles. The average molecular weight is 169 g/mol. The molecule has 5 heteroatoms. The Morgan fingerprint density at radius 1 is 1.58 bits per heavy atom. The monoisotopic (exact) mass is 169 g/mol. The molecule has 0 unspecified atom stereocenters. The van der Waals surface area contributed by atoms with Crippen LogP contribution < -0.4 is 10.9 Å². The van der Waals surface area contributed by atoms with E-state index in [1.807, 2.05) is 13.8 Å². The van der Waals surface area contributed by atoms with E-state index in [0.717, 1.165) is 0 Å². The van der Waals surface area contributed by atoms with E-state index in [1.54, 1.807) is 0 Å². The molecule has 0 saturated carbocycles. The summed E-state index contributed by atoms with van der Waals surface area (Å²) >= 11 is 0. The molecule has 0 aliphatic heterocycles. The summed E-state index contributed by atoms with van der Waals surface area (Å²) in [5.74, 6) is -0.354. The van der Waals surface area contributed by atoms with Gasteiger partial charge >= 0.3 is 0 Å². The highest BCUT2D eigenvalue weighted by atomic mass is 16.2. The zero-order valence-corrected chi connectivity index (χ0v) is 6.97. The molecule has 1 aromatic heterocycles. The Morgan fingerprint density at radius 2 is 2.25 bits per heavy atom. The van der Waals surface area contributed by atoms with E-state index < -0.39 is 5.56 Å². The van der Waals surface area contributed by atoms with Crippen LogP contribution in [0.4, 0.5) is 0 Å². The van der Waals surface area contributed by atoms with Crippen molar-refractivity contribution in [1.82, 2.24) is 15.5 Å². The van der Waals surface area contributed by atoms with Crippen LogP contribution in [0.3, 0.4) is 0 Å². The van der Waals surface area contributed by atoms with Crippen LogP contribution in [0.2, 0.25) is 0 Å². The molecule has 1 heterocycles. The molecule has 0 aliphatic rings. The molecular formula is C7H11N3O2. The first-order chi connectivity index (χ1) is 5.61. The number of rotatable bonds is 2. The van der Waals surface area contributed by atoms with E-state index >= 15 is 0 Å². The first-order valence-corrected chi connectivity index (χ1v) is 3.68. The summed E-state index contributed by atoms with van der Waals surface area (Å²) in [7, 11) is 0. The average Bonchev–Trinajstić information content (AvgIpc) is 2.33. The molecule has 1 aromatic rings. The third kappa shape index (κ3) is 1.75. The Hall–Kier alpha value is -1.52. The molecule has 1 amide bonds. The second-order valence-electron chi connectivity index (χ2n) is 2.78. The lowest BCUT2D eigenvalue weighted by Gasteiger charge is -2.04. The van der Waals surface area contributed by atoms with Crippen molar-refractivity contribution in [3.63, 3.8) is 0 Å². The third-order valence-corrected chi connectivity index (χ3v) is 1.31. The highest BCUT2D eigenvalue weighted by Crippen LogP contribution is 1.87. The van der Waals surface area contributed by atoms with Gasteiger partial charge in [-0.25, -0.2) is 0 Å². The molecule has 1 rings (SSSR count). The summed E-state index contributed by atoms with van der Waals surface area (Å²) in [4.78, 5) is 22.1. The van der Waals surface area contributed by atoms with Crippen molar-refractivity contribution in [2.24, 2.45) is 0 Å². The molecule has 0 bridgehead atoms. The first-order valence-electron chi connectivity index (χ1n) is 3.68. The van der Waals surface area contributed by atoms with Crippen molar-refractivity contribution in [3.8, 4) is 0 Å². The highest BCUT2D eigenvalue weighted by Gasteiger charge is 2.10. The topological polar surface area (TPSA) is 77.8 Å². The Balaban J connectivity index is 2.79. The second-order valence-corrected chi connectivity index (χ2v) is 2.78. The second kappa shape index (κ2) is 3.25. The van der Waals surface area contributed by atoms with E-state index in [-0.39, 0.29) is 17.5 Å². The number of carbonyl (C=O) groups is 1. The van der Waals surface area contributed by atoms with Crippen LogP contribution in [0.25, 0.3) is 0 Å². The van der Waals surface area contributed by atoms with Gasteiger partial charge in [0.05, 0.1) is 0 Å². The minimum Gasteiger partial charge on any atom is -0.350 e. The lowest BCUT2D eigenvalue weighted by molar-refractivity contribution is 0.0942. The molecule has 0 fully saturated rings. The molecule has 5 nitrogen and oxygen atoms in total. The summed E-state index contributed by atoms with van der Waals surface area (Å²) < 4.78 is 0. The molecule has 0 aromatic carbocycles. The van der Waals surface area contributed by atoms with E-state index in [0.29, 0.717) is 0 Å². The summed E-state index contributed by atoms with van der Waals surface area (Å²) in [6.45, 7) is 3.66. The van der Waals surface area contributed by atoms with E-state index in [4.69, 9.17) is 0 Å². The van der Waals surface area contributed by atoms with Crippen LogP contribution >= 0.6 is 0 Å². The maximum Gasteiger partial charge on any atom is 0.276 e. The van der Waals surface area contributed by atoms with Gasteiger partial charge in [-0.1, -0.05) is 0 Å². The minimum absolute atomic E-state index is 0.0341. The van der Waals surface area contributed by atoms with Gasteiger partial charge in [-0.2, -0.15) is 0 Å². The summed E-state index contributed by atoms with van der Waals surface area (Å²) in [5, 5.41) is 7.34. The Labute approximate surface area is 69.2 Å². The molecule has 0 atom stereocenters. The minimum atomic E-state index is -0.395. The number of nitrogens with one attached hydrogen (secondary N) is 3. The van der Waals surface area contributed by atoms with Crippen molar-refractivity contribution >= 4 is 5.91 Å². The number of hydrogen-bond acceptors (Lipinski definition) is 2. The molecule has 0 saturated heterocycles. The van der Waals surface area contributed by atoms with Gasteiger partial charge in [0, 0.05) is 12.2 Å². The largest absolute Gasteiger partial charge is 0.350 e. The molecular weight excluding hydrogens is 158 g/mol. The fourth-order valence-electron chi connectivity index (χ4n) is 0.815. The predicted molar refractivity (Wildman–Crippen MR) is 44.0 cm³/mol. The van der Waals surface area contributed by atoms with Crippen molar-refractivity contribution in [2.45, 2.75) is 19.9 Å². The van der Waals surface area contributed by atoms with Gasteiger partial charge in [-0.15, -0.1) is 0 Å². The Morgan fingerprint density at radius 3 is 2.67 bits per heavy atom. The highest BCUT2D eigenvalue weighted by molar-refractivity contribution is 5.93. The van der Waals surface area contributed by atoms with Gasteiger partial charge in [0.2, 0.25) is 0 Å². The molecule has 66 valence electrons. The van der Waals surface area contributed by atoms with Gasteiger partial charge < -0.3 is 10.4 Å². The van der Waals surface area contributed by atoms with Crippen molar-refractivity contribution in [3.05, 3.63) is 22.1 Å². The van der Waals surface area contributed by atoms with Crippen LogP contribution in [0, 0.1) is 0 Å². The van der Waals surface area contributed by atoms with E-state index in [9.17, 15) is 9.59 Å². The van der Waals surface area contributed by atoms with Crippen LogP contribution in [-0.2, 0) is 0 Å². The Kier molecular flexibility index (Phi) is 2.32. The zero-order chi connectivity index (χ0) is 9.14. The molecule has 0 spiro atoms. The molecule has 3 N–H and O–H groups in total. The maximum atomic E-state index is 11.2. The molecule has 12 heavy (non-hydrogen) atoms. The van der Waals surface area contributed by atoms with Gasteiger partial charge in [-0.3, -0.25) is 14.7 Å². The zero-order valence-electron chi connectivity index (χ0n) is 6.97. The summed E-state index contributed by atoms with van der Waals surface area (Å²) in [6.07, 6.45) is 1.35. The van der Waals surface area contributed by atoms with E-state index in [2.05, 4.69) is 15.5 Å². The van der Waals surface area contributed by atoms with Crippen molar-refractivity contribution in [1.29, 1.82) is 0 Å². The summed E-state index contributed by atoms with van der Waals surface area (Å²) in [6, 6.07) is 0.0341. The quantitative estimate of drug-likeness (QED) is 0.575. The Bertz CT molecular complexity index is 323. The van der Waals surface area contributed by atoms with E-state index in [1.165, 1.54) is 6.20 Å². The van der Waals surface area contributed by atoms with Gasteiger partial charge in [0.25, 0.3) is 11.5 Å². The lowest BCUT2D eigenvalue weighted by Crippen LogP contribution is -2.32. The van der Waals surface area contributed by atoms with Crippen LogP contribution in [-0.4, -0.2) is 22.1 Å². The first kappa shape index (κ1) is 8.58. The van der Waals surface area contributed by atoms with Gasteiger partial charge in [0.1, 0.15) is 5.56 Å². The predicted octanol–water partition coefficient (Wildman–Crippen LogP) is -0.159. The number of H-pyrrole nitrogens is 2. The van der Waals surface area contributed by atoms with Gasteiger partial charge in [-0.05, 0) is 13.8 Å². The number of carbonyl (C=O) groups excluding carboxylic acids is 1. The van der Waals surface area contributed by atoms with Crippen LogP contribution in [0.1, 0.15) is 24.2 Å². The fourth-order valence-corrected chi connectivity index (χ4v) is 0.815. The lowest BCUT2D eigenvalue weighted by atomic mass is 10.3.